The smallest absolute Gasteiger partial charge is 0.141 e. The maximum absolute atomic E-state index is 6.22. The molecule has 3 heteroatoms. The van der Waals surface area contributed by atoms with Gasteiger partial charge in [-0.1, -0.05) is 11.6 Å². The third-order valence-corrected chi connectivity index (χ3v) is 3.24. The molecule has 1 heterocycles. The predicted molar refractivity (Wildman–Crippen MR) is 68.9 cm³/mol. The van der Waals surface area contributed by atoms with Crippen LogP contribution in [0.5, 0.6) is 5.75 Å². The molecule has 0 amide bonds. The van der Waals surface area contributed by atoms with Gasteiger partial charge in [-0.05, 0) is 44.2 Å². The van der Waals surface area contributed by atoms with Gasteiger partial charge in [-0.25, -0.2) is 0 Å². The van der Waals surface area contributed by atoms with Gasteiger partial charge < -0.3 is 10.5 Å². The van der Waals surface area contributed by atoms with Gasteiger partial charge in [0.25, 0.3) is 0 Å². The van der Waals surface area contributed by atoms with Gasteiger partial charge in [0.15, 0.2) is 0 Å². The zero-order valence-electron chi connectivity index (χ0n) is 10.4. The summed E-state index contributed by atoms with van der Waals surface area (Å²) in [4.78, 5) is 4.34. The summed E-state index contributed by atoms with van der Waals surface area (Å²) < 4.78 is 5.29. The van der Waals surface area contributed by atoms with E-state index in [0.29, 0.717) is 0 Å². The lowest BCUT2D eigenvalue weighted by atomic mass is 9.93. The summed E-state index contributed by atoms with van der Waals surface area (Å²) in [7, 11) is 1.66. The third-order valence-electron chi connectivity index (χ3n) is 3.24. The third kappa shape index (κ3) is 3.07. The normalized spacial score (nSPS) is 17.4. The lowest BCUT2D eigenvalue weighted by Crippen LogP contribution is -2.14. The van der Waals surface area contributed by atoms with Crippen molar-refractivity contribution in [2.45, 2.75) is 38.1 Å². The van der Waals surface area contributed by atoms with E-state index in [4.69, 9.17) is 10.5 Å². The molecule has 2 rings (SSSR count). The molecule has 3 nitrogen and oxygen atoms in total. The number of aromatic nitrogens is 1. The van der Waals surface area contributed by atoms with Gasteiger partial charge in [0.2, 0.25) is 0 Å². The molecule has 0 aromatic carbocycles. The van der Waals surface area contributed by atoms with Gasteiger partial charge in [0, 0.05) is 6.20 Å². The first-order valence-corrected chi connectivity index (χ1v) is 6.23. The Balaban J connectivity index is 2.08. The van der Waals surface area contributed by atoms with Crippen molar-refractivity contribution in [3.63, 3.8) is 0 Å². The largest absolute Gasteiger partial charge is 0.495 e. The van der Waals surface area contributed by atoms with E-state index in [0.717, 1.165) is 17.9 Å². The van der Waals surface area contributed by atoms with Crippen molar-refractivity contribution in [3.8, 4) is 5.75 Å². The van der Waals surface area contributed by atoms with E-state index in [1.807, 2.05) is 12.1 Å². The standard InChI is InChI=1S/C14H20N2O/c1-17-13-8-5-9-16-14(13)12(15)10-11-6-3-2-4-7-11/h5-6,8-9,12H,2-4,7,10,15H2,1H3. The number of ether oxygens (including phenoxy) is 1. The molecule has 1 aliphatic carbocycles. The molecule has 0 saturated carbocycles. The highest BCUT2D eigenvalue weighted by molar-refractivity contribution is 5.30. The SMILES string of the molecule is COc1cccnc1C(N)CC1=CCCCC1. The van der Waals surface area contributed by atoms with Crippen molar-refractivity contribution in [2.24, 2.45) is 5.73 Å². The van der Waals surface area contributed by atoms with E-state index >= 15 is 0 Å². The number of rotatable bonds is 4. The van der Waals surface area contributed by atoms with Crippen molar-refractivity contribution in [2.75, 3.05) is 7.11 Å². The Hall–Kier alpha value is -1.35. The highest BCUT2D eigenvalue weighted by atomic mass is 16.5. The van der Waals surface area contributed by atoms with Crippen molar-refractivity contribution in [1.82, 2.24) is 4.98 Å². The molecule has 1 unspecified atom stereocenters. The number of allylic oxidation sites excluding steroid dienone is 1. The van der Waals surface area contributed by atoms with Crippen LogP contribution in [-0.2, 0) is 0 Å². The molecule has 17 heavy (non-hydrogen) atoms. The number of hydrogen-bond acceptors (Lipinski definition) is 3. The molecule has 92 valence electrons. The fraction of sp³-hybridized carbons (Fsp3) is 0.500. The van der Waals surface area contributed by atoms with E-state index in [2.05, 4.69) is 11.1 Å². The quantitative estimate of drug-likeness (QED) is 0.812. The van der Waals surface area contributed by atoms with Gasteiger partial charge >= 0.3 is 0 Å². The number of methoxy groups -OCH3 is 1. The summed E-state index contributed by atoms with van der Waals surface area (Å²) in [5, 5.41) is 0. The second kappa shape index (κ2) is 5.82. The van der Waals surface area contributed by atoms with Gasteiger partial charge in [0.05, 0.1) is 18.8 Å². The summed E-state index contributed by atoms with van der Waals surface area (Å²) in [6.07, 6.45) is 9.98. The Morgan fingerprint density at radius 2 is 2.35 bits per heavy atom. The lowest BCUT2D eigenvalue weighted by molar-refractivity contribution is 0.401. The van der Waals surface area contributed by atoms with Crippen molar-refractivity contribution >= 4 is 0 Å². The van der Waals surface area contributed by atoms with Crippen LogP contribution in [0.25, 0.3) is 0 Å². The number of hydrogen-bond donors (Lipinski definition) is 1. The molecule has 1 atom stereocenters. The average molecular weight is 232 g/mol. The minimum atomic E-state index is -0.0597. The minimum absolute atomic E-state index is 0.0597. The molecule has 0 radical (unpaired) electrons. The highest BCUT2D eigenvalue weighted by Crippen LogP contribution is 2.29. The highest BCUT2D eigenvalue weighted by Gasteiger charge is 2.15. The van der Waals surface area contributed by atoms with Gasteiger partial charge in [0.1, 0.15) is 5.75 Å². The maximum Gasteiger partial charge on any atom is 0.141 e. The Labute approximate surface area is 103 Å². The Kier molecular flexibility index (Phi) is 4.15. The van der Waals surface area contributed by atoms with Crippen LogP contribution < -0.4 is 10.5 Å². The fourth-order valence-corrected chi connectivity index (χ4v) is 2.32. The summed E-state index contributed by atoms with van der Waals surface area (Å²) in [5.41, 5.74) is 8.55. The van der Waals surface area contributed by atoms with E-state index in [1.165, 1.54) is 31.3 Å². The summed E-state index contributed by atoms with van der Waals surface area (Å²) in [6.45, 7) is 0. The molecule has 1 aliphatic rings. The van der Waals surface area contributed by atoms with Crippen LogP contribution >= 0.6 is 0 Å². The van der Waals surface area contributed by atoms with Gasteiger partial charge in [-0.15, -0.1) is 0 Å². The first-order chi connectivity index (χ1) is 8.31. The molecule has 1 aromatic heterocycles. The van der Waals surface area contributed by atoms with Gasteiger partial charge in [-0.3, -0.25) is 4.98 Å². The molecule has 0 saturated heterocycles. The summed E-state index contributed by atoms with van der Waals surface area (Å²) in [6, 6.07) is 3.72. The van der Waals surface area contributed by atoms with Crippen molar-refractivity contribution in [1.29, 1.82) is 0 Å². The topological polar surface area (TPSA) is 48.1 Å². The Bertz CT molecular complexity index is 401. The van der Waals surface area contributed by atoms with Crippen LogP contribution in [0.3, 0.4) is 0 Å². The van der Waals surface area contributed by atoms with E-state index in [9.17, 15) is 0 Å². The second-order valence-electron chi connectivity index (χ2n) is 4.51. The van der Waals surface area contributed by atoms with Crippen LogP contribution in [0, 0.1) is 0 Å². The average Bonchev–Trinajstić information content (AvgIpc) is 2.40. The first-order valence-electron chi connectivity index (χ1n) is 6.23. The van der Waals surface area contributed by atoms with Gasteiger partial charge in [-0.2, -0.15) is 0 Å². The number of pyridine rings is 1. The Morgan fingerprint density at radius 1 is 1.47 bits per heavy atom. The maximum atomic E-state index is 6.22. The molecule has 0 bridgehead atoms. The van der Waals surface area contributed by atoms with E-state index in [1.54, 1.807) is 13.3 Å². The number of nitrogens with zero attached hydrogens (tertiary/aromatic N) is 1. The van der Waals surface area contributed by atoms with Crippen LogP contribution in [0.4, 0.5) is 0 Å². The number of nitrogens with two attached hydrogens (primary N) is 1. The summed E-state index contributed by atoms with van der Waals surface area (Å²) in [5.74, 6) is 0.788. The molecule has 0 spiro atoms. The first kappa shape index (κ1) is 12.1. The van der Waals surface area contributed by atoms with Crippen LogP contribution in [0.2, 0.25) is 0 Å². The molecular formula is C14H20N2O. The molecular weight excluding hydrogens is 212 g/mol. The molecule has 0 fully saturated rings. The van der Waals surface area contributed by atoms with Crippen LogP contribution in [-0.4, -0.2) is 12.1 Å². The molecule has 1 aromatic rings. The zero-order valence-corrected chi connectivity index (χ0v) is 10.4. The minimum Gasteiger partial charge on any atom is -0.495 e. The van der Waals surface area contributed by atoms with Crippen LogP contribution in [0.1, 0.15) is 43.8 Å². The van der Waals surface area contributed by atoms with Crippen LogP contribution in [0.15, 0.2) is 30.0 Å². The zero-order chi connectivity index (χ0) is 12.1. The second-order valence-corrected chi connectivity index (χ2v) is 4.51. The van der Waals surface area contributed by atoms with E-state index < -0.39 is 0 Å². The summed E-state index contributed by atoms with van der Waals surface area (Å²) >= 11 is 0. The monoisotopic (exact) mass is 232 g/mol. The Morgan fingerprint density at radius 3 is 3.06 bits per heavy atom. The van der Waals surface area contributed by atoms with Crippen molar-refractivity contribution < 1.29 is 4.74 Å². The molecule has 2 N–H and O–H groups in total. The molecule has 0 aliphatic heterocycles. The lowest BCUT2D eigenvalue weighted by Gasteiger charge is -2.18. The van der Waals surface area contributed by atoms with E-state index in [-0.39, 0.29) is 6.04 Å². The predicted octanol–water partition coefficient (Wildman–Crippen LogP) is 2.98. The fourth-order valence-electron chi connectivity index (χ4n) is 2.32. The van der Waals surface area contributed by atoms with Crippen molar-refractivity contribution in [3.05, 3.63) is 35.7 Å².